The van der Waals surface area contributed by atoms with E-state index in [1.165, 1.54) is 0 Å². The first-order valence-electron chi connectivity index (χ1n) is 4.20. The van der Waals surface area contributed by atoms with Crippen molar-refractivity contribution in [3.63, 3.8) is 0 Å². The molecule has 0 aromatic carbocycles. The largest absolute Gasteiger partial charge is 0.477 e. The number of nitrogens with two attached hydrogens (primary N) is 1. The molecule has 0 aliphatic carbocycles. The minimum atomic E-state index is 0.146. The highest BCUT2D eigenvalue weighted by atomic mass is 16.5. The summed E-state index contributed by atoms with van der Waals surface area (Å²) in [4.78, 5) is 4.23. The van der Waals surface area contributed by atoms with Crippen LogP contribution in [0.15, 0.2) is 6.33 Å². The Morgan fingerprint density at radius 2 is 2.67 bits per heavy atom. The van der Waals surface area contributed by atoms with Crippen LogP contribution in [0.25, 0.3) is 0 Å². The van der Waals surface area contributed by atoms with Gasteiger partial charge in [0.1, 0.15) is 5.69 Å². The molecule has 2 rings (SSSR count). The number of hydrogen-bond donors (Lipinski definition) is 1. The SMILES string of the molecule is CC(N)Cn1cnc2c1OCC2. The third-order valence-corrected chi connectivity index (χ3v) is 1.92. The van der Waals surface area contributed by atoms with Crippen LogP contribution in [0.2, 0.25) is 0 Å². The second-order valence-electron chi connectivity index (χ2n) is 3.22. The van der Waals surface area contributed by atoms with Crippen LogP contribution in [0.3, 0.4) is 0 Å². The number of aromatic nitrogens is 2. The predicted octanol–water partition coefficient (Wildman–Crippen LogP) is 0.165. The number of rotatable bonds is 2. The summed E-state index contributed by atoms with van der Waals surface area (Å²) in [7, 11) is 0. The molecule has 4 nitrogen and oxygen atoms in total. The van der Waals surface area contributed by atoms with Gasteiger partial charge in [-0.15, -0.1) is 0 Å². The van der Waals surface area contributed by atoms with Gasteiger partial charge >= 0.3 is 0 Å². The molecule has 0 fully saturated rings. The average Bonchev–Trinajstić information content (AvgIpc) is 2.52. The second-order valence-corrected chi connectivity index (χ2v) is 3.22. The quantitative estimate of drug-likeness (QED) is 0.683. The molecule has 2 heterocycles. The summed E-state index contributed by atoms with van der Waals surface area (Å²) in [5, 5.41) is 0. The molecule has 0 spiro atoms. The summed E-state index contributed by atoms with van der Waals surface area (Å²) in [6.45, 7) is 3.52. The standard InChI is InChI=1S/C8H13N3O/c1-6(9)4-11-5-10-7-2-3-12-8(7)11/h5-6H,2-4,9H2,1H3. The van der Waals surface area contributed by atoms with Crippen LogP contribution < -0.4 is 10.5 Å². The van der Waals surface area contributed by atoms with Gasteiger partial charge in [0.2, 0.25) is 5.88 Å². The van der Waals surface area contributed by atoms with Gasteiger partial charge in [-0.05, 0) is 6.92 Å². The molecular weight excluding hydrogens is 154 g/mol. The third kappa shape index (κ3) is 1.18. The van der Waals surface area contributed by atoms with E-state index < -0.39 is 0 Å². The van der Waals surface area contributed by atoms with Crippen molar-refractivity contribution in [2.24, 2.45) is 5.73 Å². The summed E-state index contributed by atoms with van der Waals surface area (Å²) in [6.07, 6.45) is 2.73. The molecule has 1 aromatic heterocycles. The summed E-state index contributed by atoms with van der Waals surface area (Å²) in [5.74, 6) is 0.910. The van der Waals surface area contributed by atoms with E-state index in [1.807, 2.05) is 11.5 Å². The first kappa shape index (κ1) is 7.61. The highest BCUT2D eigenvalue weighted by Crippen LogP contribution is 2.23. The third-order valence-electron chi connectivity index (χ3n) is 1.92. The number of nitrogens with zero attached hydrogens (tertiary/aromatic N) is 2. The van der Waals surface area contributed by atoms with Crippen molar-refractivity contribution in [1.29, 1.82) is 0 Å². The smallest absolute Gasteiger partial charge is 0.217 e. The Bertz CT molecular complexity index is 280. The Morgan fingerprint density at radius 3 is 3.42 bits per heavy atom. The van der Waals surface area contributed by atoms with Gasteiger partial charge in [-0.1, -0.05) is 0 Å². The van der Waals surface area contributed by atoms with E-state index in [2.05, 4.69) is 4.98 Å². The zero-order valence-electron chi connectivity index (χ0n) is 7.16. The van der Waals surface area contributed by atoms with Crippen LogP contribution in [-0.2, 0) is 13.0 Å². The van der Waals surface area contributed by atoms with E-state index in [1.54, 1.807) is 6.33 Å². The molecule has 0 bridgehead atoms. The Morgan fingerprint density at radius 1 is 1.83 bits per heavy atom. The van der Waals surface area contributed by atoms with Gasteiger partial charge < -0.3 is 15.0 Å². The van der Waals surface area contributed by atoms with Gasteiger partial charge in [-0.3, -0.25) is 0 Å². The van der Waals surface area contributed by atoms with E-state index in [9.17, 15) is 0 Å². The lowest BCUT2D eigenvalue weighted by atomic mass is 10.3. The van der Waals surface area contributed by atoms with Crippen molar-refractivity contribution in [3.05, 3.63) is 12.0 Å². The Balaban J connectivity index is 2.22. The topological polar surface area (TPSA) is 53.1 Å². The minimum Gasteiger partial charge on any atom is -0.477 e. The van der Waals surface area contributed by atoms with E-state index >= 15 is 0 Å². The summed E-state index contributed by atoms with van der Waals surface area (Å²) < 4.78 is 7.39. The van der Waals surface area contributed by atoms with Crippen molar-refractivity contribution in [3.8, 4) is 5.88 Å². The van der Waals surface area contributed by atoms with Crippen LogP contribution in [0.1, 0.15) is 12.6 Å². The van der Waals surface area contributed by atoms with Gasteiger partial charge in [0.05, 0.1) is 12.9 Å². The van der Waals surface area contributed by atoms with E-state index in [0.717, 1.165) is 31.1 Å². The van der Waals surface area contributed by atoms with E-state index in [-0.39, 0.29) is 6.04 Å². The molecule has 2 N–H and O–H groups in total. The highest BCUT2D eigenvalue weighted by molar-refractivity contribution is 5.24. The number of fused-ring (bicyclic) bond motifs is 1. The van der Waals surface area contributed by atoms with Crippen LogP contribution in [-0.4, -0.2) is 22.2 Å². The van der Waals surface area contributed by atoms with Crippen molar-refractivity contribution >= 4 is 0 Å². The fourth-order valence-corrected chi connectivity index (χ4v) is 1.44. The fourth-order valence-electron chi connectivity index (χ4n) is 1.44. The van der Waals surface area contributed by atoms with Crippen molar-refractivity contribution in [2.45, 2.75) is 25.9 Å². The minimum absolute atomic E-state index is 0.146. The molecule has 66 valence electrons. The van der Waals surface area contributed by atoms with Crippen molar-refractivity contribution < 1.29 is 4.74 Å². The van der Waals surface area contributed by atoms with Gasteiger partial charge in [0.15, 0.2) is 0 Å². The lowest BCUT2D eigenvalue weighted by Crippen LogP contribution is -2.21. The summed E-state index contributed by atoms with van der Waals surface area (Å²) >= 11 is 0. The Labute approximate surface area is 71.3 Å². The molecule has 0 saturated carbocycles. The molecular formula is C8H13N3O. The number of imidazole rings is 1. The van der Waals surface area contributed by atoms with Crippen molar-refractivity contribution in [1.82, 2.24) is 9.55 Å². The highest BCUT2D eigenvalue weighted by Gasteiger charge is 2.18. The molecule has 1 aliphatic heterocycles. The molecule has 0 radical (unpaired) electrons. The van der Waals surface area contributed by atoms with Crippen LogP contribution in [0, 0.1) is 0 Å². The van der Waals surface area contributed by atoms with E-state index in [4.69, 9.17) is 10.5 Å². The summed E-state index contributed by atoms with van der Waals surface area (Å²) in [5.41, 5.74) is 6.74. The maximum Gasteiger partial charge on any atom is 0.217 e. The average molecular weight is 167 g/mol. The zero-order valence-corrected chi connectivity index (χ0v) is 7.16. The van der Waals surface area contributed by atoms with Crippen LogP contribution in [0.5, 0.6) is 5.88 Å². The Kier molecular flexibility index (Phi) is 1.77. The van der Waals surface area contributed by atoms with Gasteiger partial charge in [-0.25, -0.2) is 4.98 Å². The molecule has 1 atom stereocenters. The van der Waals surface area contributed by atoms with Crippen LogP contribution >= 0.6 is 0 Å². The molecule has 4 heteroatoms. The second kappa shape index (κ2) is 2.79. The zero-order chi connectivity index (χ0) is 8.55. The Hall–Kier alpha value is -1.03. The maximum absolute atomic E-state index is 5.67. The molecule has 1 unspecified atom stereocenters. The first-order chi connectivity index (χ1) is 5.77. The monoisotopic (exact) mass is 167 g/mol. The maximum atomic E-state index is 5.67. The van der Waals surface area contributed by atoms with E-state index in [0.29, 0.717) is 0 Å². The van der Waals surface area contributed by atoms with Gasteiger partial charge in [0.25, 0.3) is 0 Å². The van der Waals surface area contributed by atoms with Gasteiger partial charge in [-0.2, -0.15) is 0 Å². The fraction of sp³-hybridized carbons (Fsp3) is 0.625. The molecule has 1 aromatic rings. The molecule has 1 aliphatic rings. The number of ether oxygens (including phenoxy) is 1. The lowest BCUT2D eigenvalue weighted by Gasteiger charge is -2.08. The van der Waals surface area contributed by atoms with Crippen molar-refractivity contribution in [2.75, 3.05) is 6.61 Å². The first-order valence-corrected chi connectivity index (χ1v) is 4.20. The molecule has 0 amide bonds. The van der Waals surface area contributed by atoms with Gasteiger partial charge in [0, 0.05) is 19.0 Å². The van der Waals surface area contributed by atoms with Crippen LogP contribution in [0.4, 0.5) is 0 Å². The molecule has 12 heavy (non-hydrogen) atoms. The summed E-state index contributed by atoms with van der Waals surface area (Å²) in [6, 6.07) is 0.146. The molecule has 0 saturated heterocycles. The predicted molar refractivity (Wildman–Crippen MR) is 45.1 cm³/mol. The lowest BCUT2D eigenvalue weighted by molar-refractivity contribution is 0.322. The number of hydrogen-bond acceptors (Lipinski definition) is 3. The normalized spacial score (nSPS) is 17.2.